The summed E-state index contributed by atoms with van der Waals surface area (Å²) in [4.78, 5) is 32.4. The van der Waals surface area contributed by atoms with Crippen LogP contribution in [-0.4, -0.2) is 68.5 Å². The van der Waals surface area contributed by atoms with Crippen molar-refractivity contribution >= 4 is 11.8 Å². The molecule has 2 aliphatic heterocycles. The zero-order valence-corrected chi connectivity index (χ0v) is 20.3. The minimum absolute atomic E-state index is 0.0897. The van der Waals surface area contributed by atoms with E-state index in [-0.39, 0.29) is 24.1 Å². The van der Waals surface area contributed by atoms with Gasteiger partial charge < -0.3 is 19.7 Å². The molecule has 2 aromatic heterocycles. The minimum atomic E-state index is -0.418. The Morgan fingerprint density at radius 1 is 1.19 bits per heavy atom. The molecule has 2 aliphatic rings. The maximum absolute atomic E-state index is 13.3. The van der Waals surface area contributed by atoms with Gasteiger partial charge in [0.15, 0.2) is 11.4 Å². The van der Waals surface area contributed by atoms with E-state index in [0.717, 1.165) is 19.3 Å². The third-order valence-electron chi connectivity index (χ3n) is 6.48. The first-order valence-corrected chi connectivity index (χ1v) is 12.4. The lowest BCUT2D eigenvalue weighted by atomic mass is 10.1. The van der Waals surface area contributed by atoms with Crippen molar-refractivity contribution in [2.45, 2.75) is 51.5 Å². The summed E-state index contributed by atoms with van der Waals surface area (Å²) in [5.41, 5.74) is 2.71. The van der Waals surface area contributed by atoms with Crippen LogP contribution in [0.15, 0.2) is 48.8 Å². The molecule has 0 aliphatic carbocycles. The van der Waals surface area contributed by atoms with E-state index in [2.05, 4.69) is 27.5 Å². The molecule has 10 heteroatoms. The Morgan fingerprint density at radius 3 is 2.89 bits per heavy atom. The van der Waals surface area contributed by atoms with Gasteiger partial charge in [-0.15, -0.1) is 5.10 Å². The number of hydrogen-bond donors (Lipinski definition) is 1. The molecule has 0 spiro atoms. The number of benzene rings is 1. The first-order valence-electron chi connectivity index (χ1n) is 12.4. The fraction of sp³-hybridized carbons (Fsp3) is 0.423. The highest BCUT2D eigenvalue weighted by molar-refractivity contribution is 5.96. The largest absolute Gasteiger partial charge is 0.489 e. The van der Waals surface area contributed by atoms with Crippen LogP contribution in [0.1, 0.15) is 51.9 Å². The van der Waals surface area contributed by atoms with Crippen LogP contribution in [-0.2, 0) is 24.3 Å². The van der Waals surface area contributed by atoms with Gasteiger partial charge in [0.05, 0.1) is 31.5 Å². The lowest BCUT2D eigenvalue weighted by Gasteiger charge is -2.20. The highest BCUT2D eigenvalue weighted by Gasteiger charge is 2.38. The number of carbonyl (C=O) groups excluding carboxylic acids is 2. The number of aromatic nitrogens is 4. The van der Waals surface area contributed by atoms with Crippen LogP contribution < -0.4 is 10.1 Å². The average Bonchev–Trinajstić information content (AvgIpc) is 3.52. The number of amides is 2. The number of carbonyl (C=O) groups is 2. The Morgan fingerprint density at radius 2 is 2.06 bits per heavy atom. The summed E-state index contributed by atoms with van der Waals surface area (Å²) in [5, 5.41) is 11.3. The second kappa shape index (κ2) is 10.9. The van der Waals surface area contributed by atoms with Crippen LogP contribution in [0.2, 0.25) is 0 Å². The first kappa shape index (κ1) is 23.9. The molecule has 36 heavy (non-hydrogen) atoms. The van der Waals surface area contributed by atoms with Crippen molar-refractivity contribution in [3.63, 3.8) is 0 Å². The van der Waals surface area contributed by atoms with Gasteiger partial charge >= 0.3 is 0 Å². The molecule has 1 aromatic carbocycles. The second-order valence-electron chi connectivity index (χ2n) is 9.11. The van der Waals surface area contributed by atoms with Crippen LogP contribution >= 0.6 is 0 Å². The van der Waals surface area contributed by atoms with Gasteiger partial charge in [-0.25, -0.2) is 9.67 Å². The maximum Gasteiger partial charge on any atom is 0.274 e. The van der Waals surface area contributed by atoms with Crippen molar-refractivity contribution in [2.75, 3.05) is 19.7 Å². The molecule has 10 nitrogen and oxygen atoms in total. The number of hydrogen-bond acceptors (Lipinski definition) is 7. The van der Waals surface area contributed by atoms with E-state index in [1.54, 1.807) is 27.9 Å². The van der Waals surface area contributed by atoms with Gasteiger partial charge in [0, 0.05) is 24.8 Å². The summed E-state index contributed by atoms with van der Waals surface area (Å²) >= 11 is 0. The van der Waals surface area contributed by atoms with Gasteiger partial charge in [-0.05, 0) is 42.7 Å². The lowest BCUT2D eigenvalue weighted by molar-refractivity contribution is 0.0290. The summed E-state index contributed by atoms with van der Waals surface area (Å²) in [6.07, 6.45) is 6.20. The number of nitrogens with zero attached hydrogens (tertiary/aromatic N) is 5. The van der Waals surface area contributed by atoms with Crippen molar-refractivity contribution in [1.82, 2.24) is 30.2 Å². The standard InChI is InChI=1S/C26H30N6O4/c1-2-3-5-18-7-9-19(10-8-18)26(34)31-15-21-23(16-31)36-17-20-14-32(30-29-20)12-13-35-22-6-4-11-27-24(22)25(33)28-21/h4,6-11,14,21,23H,2-3,5,12-13,15-17H2,1H3,(H,28,33)/t21-,23-/m0/s1. The number of unbranched alkanes of at least 4 members (excludes halogenated alkanes) is 1. The van der Waals surface area contributed by atoms with E-state index in [1.165, 1.54) is 5.56 Å². The fourth-order valence-electron chi connectivity index (χ4n) is 4.49. The maximum atomic E-state index is 13.3. The molecule has 188 valence electrons. The first-order chi connectivity index (χ1) is 17.6. The number of rotatable bonds is 4. The van der Waals surface area contributed by atoms with Crippen molar-refractivity contribution < 1.29 is 19.1 Å². The number of ether oxygens (including phenoxy) is 2. The molecule has 5 rings (SSSR count). The SMILES string of the molecule is CCCCc1ccc(C(=O)N2C[C@@H]3NC(=O)c4ncccc4OCCn4cc(nn4)CO[C@H]3C2)cc1. The monoisotopic (exact) mass is 490 g/mol. The Balaban J connectivity index is 1.36. The molecule has 2 bridgehead atoms. The number of pyridine rings is 1. The third-order valence-corrected chi connectivity index (χ3v) is 6.48. The predicted octanol–water partition coefficient (Wildman–Crippen LogP) is 2.25. The highest BCUT2D eigenvalue weighted by Crippen LogP contribution is 2.21. The minimum Gasteiger partial charge on any atom is -0.489 e. The van der Waals surface area contributed by atoms with Gasteiger partial charge in [-0.1, -0.05) is 30.7 Å². The van der Waals surface area contributed by atoms with Gasteiger partial charge in [-0.3, -0.25) is 9.59 Å². The zero-order chi connectivity index (χ0) is 24.9. The number of nitrogens with one attached hydrogen (secondary N) is 1. The van der Waals surface area contributed by atoms with Crippen molar-refractivity contribution in [3.8, 4) is 5.75 Å². The van der Waals surface area contributed by atoms with E-state index in [1.807, 2.05) is 30.5 Å². The van der Waals surface area contributed by atoms with E-state index in [4.69, 9.17) is 9.47 Å². The molecule has 0 radical (unpaired) electrons. The molecule has 2 atom stereocenters. The van der Waals surface area contributed by atoms with Gasteiger partial charge in [0.1, 0.15) is 12.3 Å². The van der Waals surface area contributed by atoms with E-state index >= 15 is 0 Å². The number of likely N-dealkylation sites (tertiary alicyclic amines) is 1. The second-order valence-corrected chi connectivity index (χ2v) is 9.11. The summed E-state index contributed by atoms with van der Waals surface area (Å²) in [6.45, 7) is 3.83. The van der Waals surface area contributed by atoms with E-state index in [0.29, 0.717) is 43.2 Å². The summed E-state index contributed by atoms with van der Waals surface area (Å²) in [7, 11) is 0. The topological polar surface area (TPSA) is 111 Å². The lowest BCUT2D eigenvalue weighted by Crippen LogP contribution is -2.44. The van der Waals surface area contributed by atoms with Crippen LogP contribution in [0, 0.1) is 0 Å². The molecule has 0 saturated carbocycles. The van der Waals surface area contributed by atoms with Gasteiger partial charge in [-0.2, -0.15) is 0 Å². The van der Waals surface area contributed by atoms with Crippen molar-refractivity contribution in [3.05, 3.63) is 71.3 Å². The molecule has 1 fully saturated rings. The molecule has 4 heterocycles. The van der Waals surface area contributed by atoms with Crippen LogP contribution in [0.5, 0.6) is 5.75 Å². The van der Waals surface area contributed by atoms with Gasteiger partial charge in [0.2, 0.25) is 0 Å². The smallest absolute Gasteiger partial charge is 0.274 e. The molecular formula is C26H30N6O4. The Kier molecular flexibility index (Phi) is 7.22. The molecule has 1 N–H and O–H groups in total. The number of aryl methyl sites for hydroxylation is 1. The average molecular weight is 491 g/mol. The van der Waals surface area contributed by atoms with Crippen LogP contribution in [0.3, 0.4) is 0 Å². The molecule has 1 saturated heterocycles. The quantitative estimate of drug-likeness (QED) is 0.597. The van der Waals surface area contributed by atoms with Crippen LogP contribution in [0.4, 0.5) is 0 Å². The Labute approximate surface area is 209 Å². The fourth-order valence-corrected chi connectivity index (χ4v) is 4.49. The Bertz CT molecular complexity index is 1210. The van der Waals surface area contributed by atoms with E-state index in [9.17, 15) is 9.59 Å². The highest BCUT2D eigenvalue weighted by atomic mass is 16.5. The summed E-state index contributed by atoms with van der Waals surface area (Å²) in [5.74, 6) is -0.0697. The molecular weight excluding hydrogens is 460 g/mol. The summed E-state index contributed by atoms with van der Waals surface area (Å²) < 4.78 is 13.6. The Hall–Kier alpha value is -3.79. The summed E-state index contributed by atoms with van der Waals surface area (Å²) in [6, 6.07) is 10.8. The van der Waals surface area contributed by atoms with Crippen LogP contribution in [0.25, 0.3) is 0 Å². The van der Waals surface area contributed by atoms with Gasteiger partial charge in [0.25, 0.3) is 11.8 Å². The zero-order valence-electron chi connectivity index (χ0n) is 20.3. The molecule has 2 amide bonds. The normalized spacial score (nSPS) is 20.0. The van der Waals surface area contributed by atoms with E-state index < -0.39 is 12.1 Å². The van der Waals surface area contributed by atoms with Crippen molar-refractivity contribution in [1.29, 1.82) is 0 Å². The number of fused-ring (bicyclic) bond motifs is 4. The van der Waals surface area contributed by atoms with Crippen molar-refractivity contribution in [2.24, 2.45) is 0 Å². The molecule has 0 unspecified atom stereocenters. The molecule has 3 aromatic rings. The predicted molar refractivity (Wildman–Crippen MR) is 131 cm³/mol. The third kappa shape index (κ3) is 5.38.